The van der Waals surface area contributed by atoms with Crippen molar-refractivity contribution in [1.29, 1.82) is 0 Å². The lowest BCUT2D eigenvalue weighted by molar-refractivity contribution is -0.128. The van der Waals surface area contributed by atoms with E-state index in [0.717, 1.165) is 50.7 Å². The van der Waals surface area contributed by atoms with Crippen LogP contribution in [-0.2, 0) is 24.2 Å². The summed E-state index contributed by atoms with van der Waals surface area (Å²) in [5.74, 6) is 1.29. The van der Waals surface area contributed by atoms with E-state index in [1.807, 2.05) is 20.8 Å². The standard InChI is InChI=1S/C25H33N3O/c1-25(2,3)24(29)26-18-11-5-8-16-23-27-21-14-9-10-15-22(21)28(23)19-17-20-12-6-4-7-13-20/h4,6-7,9-10,12-15H,5,8,11,16-19H2,1-3H3,(H,26,29). The quantitative estimate of drug-likeness (QED) is 0.513. The highest BCUT2D eigenvalue weighted by Crippen LogP contribution is 2.19. The molecule has 0 unspecified atom stereocenters. The lowest BCUT2D eigenvalue weighted by Crippen LogP contribution is -2.35. The molecule has 0 aliphatic carbocycles. The molecule has 1 aromatic heterocycles. The Bertz CT molecular complexity index is 922. The van der Waals surface area contributed by atoms with Gasteiger partial charge in [0.05, 0.1) is 11.0 Å². The van der Waals surface area contributed by atoms with Gasteiger partial charge in [0, 0.05) is 24.9 Å². The van der Waals surface area contributed by atoms with E-state index in [2.05, 4.69) is 64.5 Å². The van der Waals surface area contributed by atoms with Crippen molar-refractivity contribution in [3.8, 4) is 0 Å². The second-order valence-corrected chi connectivity index (χ2v) is 8.72. The zero-order valence-electron chi connectivity index (χ0n) is 17.9. The molecule has 0 radical (unpaired) electrons. The van der Waals surface area contributed by atoms with E-state index in [9.17, 15) is 4.79 Å². The van der Waals surface area contributed by atoms with Gasteiger partial charge in [-0.25, -0.2) is 4.98 Å². The van der Waals surface area contributed by atoms with E-state index in [1.54, 1.807) is 0 Å². The molecule has 0 aliphatic rings. The Hall–Kier alpha value is -2.62. The Morgan fingerprint density at radius 2 is 1.66 bits per heavy atom. The van der Waals surface area contributed by atoms with Crippen LogP contribution < -0.4 is 5.32 Å². The fraction of sp³-hybridized carbons (Fsp3) is 0.440. The van der Waals surface area contributed by atoms with Crippen LogP contribution in [0, 0.1) is 5.41 Å². The molecule has 154 valence electrons. The average Bonchev–Trinajstić information content (AvgIpc) is 3.06. The fourth-order valence-corrected chi connectivity index (χ4v) is 3.50. The topological polar surface area (TPSA) is 46.9 Å². The molecule has 4 heteroatoms. The molecule has 4 nitrogen and oxygen atoms in total. The molecule has 1 amide bonds. The molecule has 1 heterocycles. The van der Waals surface area contributed by atoms with Crippen LogP contribution in [0.4, 0.5) is 0 Å². The molecular formula is C25H33N3O. The molecule has 0 fully saturated rings. The number of unbranched alkanes of at least 4 members (excludes halogenated alkanes) is 2. The molecule has 29 heavy (non-hydrogen) atoms. The predicted molar refractivity (Wildman–Crippen MR) is 120 cm³/mol. The number of para-hydroxylation sites is 2. The third-order valence-corrected chi connectivity index (χ3v) is 5.24. The molecular weight excluding hydrogens is 358 g/mol. The van der Waals surface area contributed by atoms with Crippen molar-refractivity contribution in [1.82, 2.24) is 14.9 Å². The van der Waals surface area contributed by atoms with E-state index in [1.165, 1.54) is 16.9 Å². The van der Waals surface area contributed by atoms with Gasteiger partial charge in [0.2, 0.25) is 5.91 Å². The molecule has 0 aliphatic heterocycles. The second kappa shape index (κ2) is 9.73. The van der Waals surface area contributed by atoms with Gasteiger partial charge in [-0.15, -0.1) is 0 Å². The highest BCUT2D eigenvalue weighted by Gasteiger charge is 2.20. The maximum absolute atomic E-state index is 11.9. The number of aromatic nitrogens is 2. The molecule has 0 saturated heterocycles. The number of benzene rings is 2. The number of aryl methyl sites for hydroxylation is 3. The lowest BCUT2D eigenvalue weighted by atomic mass is 9.96. The zero-order valence-corrected chi connectivity index (χ0v) is 17.9. The van der Waals surface area contributed by atoms with Crippen molar-refractivity contribution in [2.24, 2.45) is 5.41 Å². The summed E-state index contributed by atoms with van der Waals surface area (Å²) in [6.45, 7) is 7.54. The fourth-order valence-electron chi connectivity index (χ4n) is 3.50. The molecule has 3 rings (SSSR count). The van der Waals surface area contributed by atoms with Crippen LogP contribution in [0.1, 0.15) is 51.4 Å². The first-order valence-electron chi connectivity index (χ1n) is 10.7. The van der Waals surface area contributed by atoms with Crippen molar-refractivity contribution < 1.29 is 4.79 Å². The van der Waals surface area contributed by atoms with Gasteiger partial charge in [-0.05, 0) is 37.0 Å². The molecule has 0 atom stereocenters. The Morgan fingerprint density at radius 1 is 0.931 bits per heavy atom. The molecule has 0 bridgehead atoms. The van der Waals surface area contributed by atoms with Crippen LogP contribution in [0.25, 0.3) is 11.0 Å². The number of hydrogen-bond acceptors (Lipinski definition) is 2. The van der Waals surface area contributed by atoms with Crippen LogP contribution in [0.5, 0.6) is 0 Å². The third-order valence-electron chi connectivity index (χ3n) is 5.24. The monoisotopic (exact) mass is 391 g/mol. The average molecular weight is 392 g/mol. The van der Waals surface area contributed by atoms with Gasteiger partial charge in [0.1, 0.15) is 5.82 Å². The van der Waals surface area contributed by atoms with Gasteiger partial charge in [-0.3, -0.25) is 4.79 Å². The van der Waals surface area contributed by atoms with Gasteiger partial charge in [0.15, 0.2) is 0 Å². The number of imidazole rings is 1. The number of carbonyl (C=O) groups is 1. The Balaban J connectivity index is 1.55. The van der Waals surface area contributed by atoms with Crippen molar-refractivity contribution >= 4 is 16.9 Å². The van der Waals surface area contributed by atoms with E-state index < -0.39 is 0 Å². The van der Waals surface area contributed by atoms with E-state index in [4.69, 9.17) is 4.98 Å². The first kappa shape index (κ1) is 21.1. The lowest BCUT2D eigenvalue weighted by Gasteiger charge is -2.17. The minimum absolute atomic E-state index is 0.125. The molecule has 0 saturated carbocycles. The van der Waals surface area contributed by atoms with Crippen LogP contribution >= 0.6 is 0 Å². The zero-order chi connectivity index (χ0) is 20.7. The summed E-state index contributed by atoms with van der Waals surface area (Å²) < 4.78 is 2.38. The summed E-state index contributed by atoms with van der Waals surface area (Å²) in [6.07, 6.45) is 5.15. The SMILES string of the molecule is CC(C)(C)C(=O)NCCCCCc1nc2ccccc2n1CCc1ccccc1. The van der Waals surface area contributed by atoms with Crippen LogP contribution in [-0.4, -0.2) is 22.0 Å². The first-order valence-corrected chi connectivity index (χ1v) is 10.7. The van der Waals surface area contributed by atoms with E-state index in [-0.39, 0.29) is 11.3 Å². The smallest absolute Gasteiger partial charge is 0.225 e. The number of fused-ring (bicyclic) bond motifs is 1. The number of carbonyl (C=O) groups excluding carboxylic acids is 1. The van der Waals surface area contributed by atoms with Crippen LogP contribution in [0.2, 0.25) is 0 Å². The van der Waals surface area contributed by atoms with Gasteiger partial charge in [-0.2, -0.15) is 0 Å². The Kier molecular flexibility index (Phi) is 7.08. The van der Waals surface area contributed by atoms with Gasteiger partial charge in [0.25, 0.3) is 0 Å². The first-order chi connectivity index (χ1) is 13.9. The Labute approximate surface area is 174 Å². The van der Waals surface area contributed by atoms with Gasteiger partial charge >= 0.3 is 0 Å². The number of nitrogens with zero attached hydrogens (tertiary/aromatic N) is 2. The molecule has 3 aromatic rings. The minimum Gasteiger partial charge on any atom is -0.356 e. The summed E-state index contributed by atoms with van der Waals surface area (Å²) in [5.41, 5.74) is 3.33. The maximum Gasteiger partial charge on any atom is 0.225 e. The number of amides is 1. The van der Waals surface area contributed by atoms with E-state index >= 15 is 0 Å². The van der Waals surface area contributed by atoms with Gasteiger partial charge in [-0.1, -0.05) is 69.7 Å². The summed E-state index contributed by atoms with van der Waals surface area (Å²) in [4.78, 5) is 16.8. The summed E-state index contributed by atoms with van der Waals surface area (Å²) in [6, 6.07) is 19.0. The molecule has 0 spiro atoms. The predicted octanol–water partition coefficient (Wildman–Crippen LogP) is 5.15. The summed E-state index contributed by atoms with van der Waals surface area (Å²) >= 11 is 0. The highest BCUT2D eigenvalue weighted by atomic mass is 16.2. The van der Waals surface area contributed by atoms with Crippen molar-refractivity contribution in [2.75, 3.05) is 6.54 Å². The molecule has 1 N–H and O–H groups in total. The highest BCUT2D eigenvalue weighted by molar-refractivity contribution is 5.81. The number of hydrogen-bond donors (Lipinski definition) is 1. The Morgan fingerprint density at radius 3 is 2.41 bits per heavy atom. The summed E-state index contributed by atoms with van der Waals surface area (Å²) in [5, 5.41) is 3.03. The minimum atomic E-state index is -0.316. The van der Waals surface area contributed by atoms with Crippen molar-refractivity contribution in [3.63, 3.8) is 0 Å². The van der Waals surface area contributed by atoms with Crippen LogP contribution in [0.15, 0.2) is 54.6 Å². The summed E-state index contributed by atoms with van der Waals surface area (Å²) in [7, 11) is 0. The van der Waals surface area contributed by atoms with Crippen molar-refractivity contribution in [2.45, 2.75) is 59.4 Å². The van der Waals surface area contributed by atoms with Crippen LogP contribution in [0.3, 0.4) is 0 Å². The normalized spacial score (nSPS) is 11.7. The largest absolute Gasteiger partial charge is 0.356 e. The number of rotatable bonds is 9. The third kappa shape index (κ3) is 5.93. The van der Waals surface area contributed by atoms with Gasteiger partial charge < -0.3 is 9.88 Å². The van der Waals surface area contributed by atoms with Crippen molar-refractivity contribution in [3.05, 3.63) is 66.0 Å². The maximum atomic E-state index is 11.9. The number of nitrogens with one attached hydrogen (secondary N) is 1. The molecule has 2 aromatic carbocycles. The second-order valence-electron chi connectivity index (χ2n) is 8.72. The van der Waals surface area contributed by atoms with E-state index in [0.29, 0.717) is 0 Å².